The van der Waals surface area contributed by atoms with Gasteiger partial charge in [-0.3, -0.25) is 0 Å². The molecular weight excluding hydrogens is 942 g/mol. The van der Waals surface area contributed by atoms with E-state index in [1.807, 2.05) is 0 Å². The fourth-order valence-electron chi connectivity index (χ4n) is 16.2. The molecule has 0 spiro atoms. The predicted molar refractivity (Wildman–Crippen MR) is 334 cm³/mol. The Balaban J connectivity index is 1.15. The van der Waals surface area contributed by atoms with Crippen LogP contribution in [0.15, 0.2) is 164 Å². The third-order valence-electron chi connectivity index (χ3n) is 21.1. The lowest BCUT2D eigenvalue weighted by Crippen LogP contribution is -2.64. The highest BCUT2D eigenvalue weighted by atomic mass is 15.3. The first-order chi connectivity index (χ1) is 37.1. The standard InChI is InChI=1S/C74H78BN3/c1-68(2,3)51-32-35-61(55(41-51)48-26-18-15-19-27-48)76-63-44-52(69(4,5)6)31-33-59(63)75-60-43-53(70(7,8)9)42-58-67(60)78(74(13)56-29-21-20-28-49(56)36-39-72(58,74)11)65-46-54(45-64(76)66(65)75)77-62-34-30-50(47-24-16-14-17-25-47)40-57(62)71(10)37-22-23-38-73(71,77)12/h14-21,24-35,40-46H,22-23,36-39H2,1-13H3. The Kier molecular flexibility index (Phi) is 10.4. The second-order valence-corrected chi connectivity index (χ2v) is 28.4. The third-order valence-corrected chi connectivity index (χ3v) is 21.1. The van der Waals surface area contributed by atoms with Gasteiger partial charge in [-0.25, -0.2) is 0 Å². The zero-order chi connectivity index (χ0) is 54.3. The first kappa shape index (κ1) is 49.5. The molecule has 0 radical (unpaired) electrons. The minimum atomic E-state index is -0.381. The third kappa shape index (κ3) is 6.64. The van der Waals surface area contributed by atoms with E-state index in [4.69, 9.17) is 0 Å². The molecule has 1 saturated carbocycles. The number of fused-ring (bicyclic) bond motifs is 12. The van der Waals surface area contributed by atoms with Gasteiger partial charge in [0.1, 0.15) is 0 Å². The van der Waals surface area contributed by atoms with Gasteiger partial charge in [0.05, 0.1) is 16.8 Å². The van der Waals surface area contributed by atoms with Crippen LogP contribution in [0.2, 0.25) is 0 Å². The van der Waals surface area contributed by atoms with Gasteiger partial charge in [0, 0.05) is 50.5 Å². The van der Waals surface area contributed by atoms with Crippen LogP contribution in [0.4, 0.5) is 39.8 Å². The molecule has 0 N–H and O–H groups in total. The Labute approximate surface area is 466 Å². The summed E-state index contributed by atoms with van der Waals surface area (Å²) in [5, 5.41) is 0. The average Bonchev–Trinajstić information content (AvgIpc) is 3.89. The first-order valence-electron chi connectivity index (χ1n) is 29.5. The summed E-state index contributed by atoms with van der Waals surface area (Å²) < 4.78 is 0. The van der Waals surface area contributed by atoms with E-state index < -0.39 is 0 Å². The monoisotopic (exact) mass is 1020 g/mol. The number of nitrogens with zero attached hydrogens (tertiary/aromatic N) is 3. The zero-order valence-corrected chi connectivity index (χ0v) is 48.8. The maximum Gasteiger partial charge on any atom is 0.252 e. The van der Waals surface area contributed by atoms with Gasteiger partial charge in [0.15, 0.2) is 0 Å². The van der Waals surface area contributed by atoms with Gasteiger partial charge in [-0.15, -0.1) is 0 Å². The van der Waals surface area contributed by atoms with Crippen molar-refractivity contribution in [1.82, 2.24) is 0 Å². The normalized spacial score (nSPS) is 23.5. The molecule has 2 aliphatic carbocycles. The van der Waals surface area contributed by atoms with E-state index in [0.717, 1.165) is 25.7 Å². The molecule has 78 heavy (non-hydrogen) atoms. The molecule has 0 saturated heterocycles. The summed E-state index contributed by atoms with van der Waals surface area (Å²) in [6, 6.07) is 65.0. The lowest BCUT2D eigenvalue weighted by Gasteiger charge is -2.54. The summed E-state index contributed by atoms with van der Waals surface area (Å²) in [5.41, 5.74) is 27.6. The molecule has 4 atom stereocenters. The van der Waals surface area contributed by atoms with Gasteiger partial charge in [-0.1, -0.05) is 210 Å². The van der Waals surface area contributed by atoms with Gasteiger partial charge < -0.3 is 14.7 Å². The number of hydrogen-bond donors (Lipinski definition) is 0. The smallest absolute Gasteiger partial charge is 0.252 e. The second kappa shape index (κ2) is 16.4. The molecule has 392 valence electrons. The maximum atomic E-state index is 2.94. The largest absolute Gasteiger partial charge is 0.334 e. The van der Waals surface area contributed by atoms with Crippen LogP contribution in [0.1, 0.15) is 161 Å². The van der Waals surface area contributed by atoms with E-state index in [2.05, 4.69) is 269 Å². The molecule has 3 nitrogen and oxygen atoms in total. The zero-order valence-electron chi connectivity index (χ0n) is 48.8. The Morgan fingerprint density at radius 1 is 0.423 bits per heavy atom. The van der Waals surface area contributed by atoms with Crippen molar-refractivity contribution in [3.05, 3.63) is 203 Å². The first-order valence-corrected chi connectivity index (χ1v) is 29.5. The average molecular weight is 1020 g/mol. The molecule has 8 aromatic rings. The van der Waals surface area contributed by atoms with E-state index in [-0.39, 0.29) is 44.9 Å². The van der Waals surface area contributed by atoms with Crippen molar-refractivity contribution in [3.63, 3.8) is 0 Å². The van der Waals surface area contributed by atoms with Gasteiger partial charge in [0.25, 0.3) is 6.71 Å². The van der Waals surface area contributed by atoms with E-state index in [9.17, 15) is 0 Å². The molecule has 4 heterocycles. The van der Waals surface area contributed by atoms with Gasteiger partial charge in [0.2, 0.25) is 0 Å². The maximum absolute atomic E-state index is 2.94. The van der Waals surface area contributed by atoms with Crippen LogP contribution in [0.3, 0.4) is 0 Å². The van der Waals surface area contributed by atoms with Crippen molar-refractivity contribution in [1.29, 1.82) is 0 Å². The van der Waals surface area contributed by atoms with Crippen LogP contribution >= 0.6 is 0 Å². The Hall–Kier alpha value is -6.78. The lowest BCUT2D eigenvalue weighted by atomic mass is 9.33. The van der Waals surface area contributed by atoms with Crippen molar-refractivity contribution in [2.24, 2.45) is 0 Å². The molecule has 0 bridgehead atoms. The summed E-state index contributed by atoms with van der Waals surface area (Å²) in [6.07, 6.45) is 6.88. The molecule has 6 aliphatic rings. The van der Waals surface area contributed by atoms with Crippen molar-refractivity contribution < 1.29 is 0 Å². The Bertz CT molecular complexity index is 3800. The van der Waals surface area contributed by atoms with E-state index in [0.29, 0.717) is 0 Å². The molecular formula is C74H78BN3. The van der Waals surface area contributed by atoms with Gasteiger partial charge >= 0.3 is 0 Å². The van der Waals surface area contributed by atoms with Crippen LogP contribution in [-0.2, 0) is 39.0 Å². The van der Waals surface area contributed by atoms with Crippen LogP contribution < -0.4 is 31.1 Å². The van der Waals surface area contributed by atoms with Crippen LogP contribution in [0.5, 0.6) is 0 Å². The molecule has 4 heteroatoms. The van der Waals surface area contributed by atoms with Crippen molar-refractivity contribution in [2.45, 2.75) is 167 Å². The van der Waals surface area contributed by atoms with E-state index >= 15 is 0 Å². The Morgan fingerprint density at radius 3 is 1.77 bits per heavy atom. The summed E-state index contributed by atoms with van der Waals surface area (Å²) >= 11 is 0. The molecule has 1 fully saturated rings. The van der Waals surface area contributed by atoms with Crippen LogP contribution in [0, 0.1) is 0 Å². The topological polar surface area (TPSA) is 9.72 Å². The fraction of sp³-hybridized carbons (Fsp3) is 0.351. The molecule has 4 unspecified atom stereocenters. The number of anilines is 7. The number of rotatable bonds is 4. The highest BCUT2D eigenvalue weighted by molar-refractivity contribution is 7.00. The predicted octanol–water partition coefficient (Wildman–Crippen LogP) is 17.5. The van der Waals surface area contributed by atoms with Gasteiger partial charge in [-0.2, -0.15) is 0 Å². The number of benzene rings is 8. The molecule has 4 aliphatic heterocycles. The highest BCUT2D eigenvalue weighted by Crippen LogP contribution is 2.67. The number of hydrogen-bond acceptors (Lipinski definition) is 3. The van der Waals surface area contributed by atoms with E-state index in [1.165, 1.54) is 130 Å². The van der Waals surface area contributed by atoms with Crippen molar-refractivity contribution in [2.75, 3.05) is 14.7 Å². The SMILES string of the molecule is CC(C)(C)c1ccc(N2c3cc(C(C)(C)C)ccc3B3c4cc(C(C)(C)C)cc5c4N(c4cc(N6c7ccc(-c8ccccc8)cc7C7(C)CCCCC67C)cc2c43)C2(C)c3ccccc3CCC52C)c(-c2ccccc2)c1. The molecule has 0 aromatic heterocycles. The molecule has 8 aromatic carbocycles. The quantitative estimate of drug-likeness (QED) is 0.163. The van der Waals surface area contributed by atoms with Crippen molar-refractivity contribution in [3.8, 4) is 22.3 Å². The molecule has 14 rings (SSSR count). The summed E-state index contributed by atoms with van der Waals surface area (Å²) in [4.78, 5) is 8.56. The second-order valence-electron chi connectivity index (χ2n) is 28.4. The van der Waals surface area contributed by atoms with Crippen LogP contribution in [0.25, 0.3) is 22.3 Å². The summed E-state index contributed by atoms with van der Waals surface area (Å²) in [5.74, 6) is 0. The summed E-state index contributed by atoms with van der Waals surface area (Å²) in [7, 11) is 0. The highest BCUT2D eigenvalue weighted by Gasteiger charge is 2.64. The van der Waals surface area contributed by atoms with E-state index in [1.54, 1.807) is 0 Å². The minimum Gasteiger partial charge on any atom is -0.334 e. The number of aryl methyl sites for hydroxylation is 1. The minimum absolute atomic E-state index is 0.00284. The lowest BCUT2D eigenvalue weighted by molar-refractivity contribution is 0.195. The fourth-order valence-corrected chi connectivity index (χ4v) is 16.2. The van der Waals surface area contributed by atoms with Crippen molar-refractivity contribution >= 4 is 62.9 Å². The summed E-state index contributed by atoms with van der Waals surface area (Å²) in [6.45, 7) is 32.0. The van der Waals surface area contributed by atoms with Gasteiger partial charge in [-0.05, 0) is 170 Å². The Morgan fingerprint density at radius 2 is 1.05 bits per heavy atom. The van der Waals surface area contributed by atoms with Crippen LogP contribution in [-0.4, -0.2) is 12.3 Å². The molecule has 0 amide bonds.